The van der Waals surface area contributed by atoms with Crippen LogP contribution in [0.15, 0.2) is 0 Å². The average Bonchev–Trinajstić information content (AvgIpc) is 2.78. The molecule has 0 spiro atoms. The minimum Gasteiger partial charge on any atom is -0.298 e. The summed E-state index contributed by atoms with van der Waals surface area (Å²) in [6, 6.07) is 0. The molecule has 1 aliphatic heterocycles. The third-order valence-electron chi connectivity index (χ3n) is 3.17. The van der Waals surface area contributed by atoms with Crippen molar-refractivity contribution < 1.29 is 4.79 Å². The molecule has 2 aliphatic rings. The van der Waals surface area contributed by atoms with E-state index in [0.29, 0.717) is 23.7 Å². The maximum atomic E-state index is 11.5. The van der Waals surface area contributed by atoms with Crippen LogP contribution in [0, 0.1) is 11.3 Å². The molecule has 74 valence electrons. The molecule has 1 heterocycles. The van der Waals surface area contributed by atoms with Crippen LogP contribution in [0.4, 0.5) is 0 Å². The number of hydrogen-bond donors (Lipinski definition) is 0. The molecular weight excluding hydrogens is 162 g/mol. The van der Waals surface area contributed by atoms with Crippen molar-refractivity contribution in [3.63, 3.8) is 0 Å². The van der Waals surface area contributed by atoms with Crippen molar-refractivity contribution in [2.24, 2.45) is 11.3 Å². The van der Waals surface area contributed by atoms with Crippen LogP contribution in [0.2, 0.25) is 0 Å². The Morgan fingerprint density at radius 3 is 2.62 bits per heavy atom. The van der Waals surface area contributed by atoms with Crippen LogP contribution in [0.3, 0.4) is 0 Å². The van der Waals surface area contributed by atoms with Gasteiger partial charge < -0.3 is 0 Å². The lowest BCUT2D eigenvalue weighted by Crippen LogP contribution is -2.30. The molecule has 1 saturated carbocycles. The van der Waals surface area contributed by atoms with Gasteiger partial charge in [0.2, 0.25) is 0 Å². The van der Waals surface area contributed by atoms with E-state index in [2.05, 4.69) is 18.7 Å². The largest absolute Gasteiger partial charge is 0.298 e. The predicted molar refractivity (Wildman–Crippen MR) is 52.6 cm³/mol. The second kappa shape index (κ2) is 3.09. The normalized spacial score (nSPS) is 27.8. The average molecular weight is 181 g/mol. The highest BCUT2D eigenvalue weighted by atomic mass is 16.1. The van der Waals surface area contributed by atoms with E-state index in [-0.39, 0.29) is 0 Å². The summed E-state index contributed by atoms with van der Waals surface area (Å²) < 4.78 is 0. The van der Waals surface area contributed by atoms with Gasteiger partial charge in [0, 0.05) is 12.5 Å². The van der Waals surface area contributed by atoms with Crippen molar-refractivity contribution in [2.45, 2.75) is 33.1 Å². The number of ketones is 1. The van der Waals surface area contributed by atoms with E-state index in [4.69, 9.17) is 0 Å². The summed E-state index contributed by atoms with van der Waals surface area (Å²) in [7, 11) is 0. The van der Waals surface area contributed by atoms with Gasteiger partial charge in [-0.3, -0.25) is 9.69 Å². The molecule has 1 aliphatic carbocycles. The SMILES string of the molecule is CC1(C)CCN(CC(=O)C2CC2)C1. The van der Waals surface area contributed by atoms with Crippen LogP contribution in [-0.2, 0) is 4.79 Å². The van der Waals surface area contributed by atoms with Crippen LogP contribution < -0.4 is 0 Å². The van der Waals surface area contributed by atoms with Gasteiger partial charge >= 0.3 is 0 Å². The molecule has 0 atom stereocenters. The Hall–Kier alpha value is -0.370. The summed E-state index contributed by atoms with van der Waals surface area (Å²) in [6.45, 7) is 7.51. The van der Waals surface area contributed by atoms with E-state index < -0.39 is 0 Å². The fourth-order valence-corrected chi connectivity index (χ4v) is 2.11. The monoisotopic (exact) mass is 181 g/mol. The Morgan fingerprint density at radius 2 is 2.15 bits per heavy atom. The predicted octanol–water partition coefficient (Wildman–Crippen LogP) is 1.70. The maximum absolute atomic E-state index is 11.5. The molecule has 0 aromatic carbocycles. The van der Waals surface area contributed by atoms with Gasteiger partial charge in [-0.15, -0.1) is 0 Å². The summed E-state index contributed by atoms with van der Waals surface area (Å²) in [5.41, 5.74) is 0.434. The molecule has 2 rings (SSSR count). The van der Waals surface area contributed by atoms with E-state index in [1.54, 1.807) is 0 Å². The highest BCUT2D eigenvalue weighted by molar-refractivity contribution is 5.85. The lowest BCUT2D eigenvalue weighted by atomic mass is 9.93. The molecule has 0 unspecified atom stereocenters. The zero-order valence-electron chi connectivity index (χ0n) is 8.68. The van der Waals surface area contributed by atoms with Gasteiger partial charge in [0.1, 0.15) is 5.78 Å². The number of nitrogens with zero attached hydrogens (tertiary/aromatic N) is 1. The second-order valence-electron chi connectivity index (χ2n) is 5.37. The highest BCUT2D eigenvalue weighted by Gasteiger charge is 2.34. The molecule has 0 aromatic heterocycles. The summed E-state index contributed by atoms with van der Waals surface area (Å²) >= 11 is 0. The van der Waals surface area contributed by atoms with Gasteiger partial charge in [-0.1, -0.05) is 13.8 Å². The van der Waals surface area contributed by atoms with Crippen LogP contribution >= 0.6 is 0 Å². The van der Waals surface area contributed by atoms with Crippen molar-refractivity contribution in [3.05, 3.63) is 0 Å². The third-order valence-corrected chi connectivity index (χ3v) is 3.17. The molecule has 0 N–H and O–H groups in total. The zero-order chi connectivity index (χ0) is 9.47. The first-order valence-electron chi connectivity index (χ1n) is 5.32. The van der Waals surface area contributed by atoms with Crippen molar-refractivity contribution in [2.75, 3.05) is 19.6 Å². The molecule has 0 amide bonds. The molecule has 2 heteroatoms. The zero-order valence-corrected chi connectivity index (χ0v) is 8.68. The van der Waals surface area contributed by atoms with Crippen molar-refractivity contribution in [1.29, 1.82) is 0 Å². The van der Waals surface area contributed by atoms with Crippen LogP contribution in [0.25, 0.3) is 0 Å². The quantitative estimate of drug-likeness (QED) is 0.660. The van der Waals surface area contributed by atoms with E-state index in [9.17, 15) is 4.79 Å². The number of carbonyl (C=O) groups excluding carboxylic acids is 1. The van der Waals surface area contributed by atoms with Gasteiger partial charge in [0.15, 0.2) is 0 Å². The fourth-order valence-electron chi connectivity index (χ4n) is 2.11. The Kier molecular flexibility index (Phi) is 2.18. The smallest absolute Gasteiger partial charge is 0.149 e. The molecule has 0 aromatic rings. The number of hydrogen-bond acceptors (Lipinski definition) is 2. The lowest BCUT2D eigenvalue weighted by Gasteiger charge is -2.18. The van der Waals surface area contributed by atoms with Gasteiger partial charge in [0.25, 0.3) is 0 Å². The molecular formula is C11H19NO. The van der Waals surface area contributed by atoms with Gasteiger partial charge in [-0.05, 0) is 31.2 Å². The first kappa shape index (κ1) is 9.20. The van der Waals surface area contributed by atoms with Crippen molar-refractivity contribution in [3.8, 4) is 0 Å². The molecule has 0 bridgehead atoms. The van der Waals surface area contributed by atoms with Gasteiger partial charge in [-0.25, -0.2) is 0 Å². The van der Waals surface area contributed by atoms with Crippen LogP contribution in [0.5, 0.6) is 0 Å². The summed E-state index contributed by atoms with van der Waals surface area (Å²) in [6.07, 6.45) is 3.54. The highest BCUT2D eigenvalue weighted by Crippen LogP contribution is 2.32. The number of carbonyl (C=O) groups is 1. The number of likely N-dealkylation sites (tertiary alicyclic amines) is 1. The van der Waals surface area contributed by atoms with Crippen LogP contribution in [-0.4, -0.2) is 30.3 Å². The first-order valence-corrected chi connectivity index (χ1v) is 5.32. The minimum absolute atomic E-state index is 0.434. The molecule has 13 heavy (non-hydrogen) atoms. The molecule has 2 nitrogen and oxygen atoms in total. The Balaban J connectivity index is 1.79. The van der Waals surface area contributed by atoms with E-state index in [1.165, 1.54) is 6.42 Å². The summed E-state index contributed by atoms with van der Waals surface area (Å²) in [5, 5.41) is 0. The molecule has 1 saturated heterocycles. The Morgan fingerprint density at radius 1 is 1.46 bits per heavy atom. The van der Waals surface area contributed by atoms with Crippen LogP contribution in [0.1, 0.15) is 33.1 Å². The number of Topliss-reactive ketones (excluding diaryl/α,β-unsaturated/α-hetero) is 1. The fraction of sp³-hybridized carbons (Fsp3) is 0.909. The maximum Gasteiger partial charge on any atom is 0.149 e. The Bertz CT molecular complexity index is 218. The van der Waals surface area contributed by atoms with E-state index in [0.717, 1.165) is 25.9 Å². The van der Waals surface area contributed by atoms with E-state index in [1.807, 2.05) is 0 Å². The minimum atomic E-state index is 0.434. The summed E-state index contributed by atoms with van der Waals surface area (Å²) in [4.78, 5) is 13.9. The standard InChI is InChI=1S/C11H19NO/c1-11(2)5-6-12(8-11)7-10(13)9-3-4-9/h9H,3-8H2,1-2H3. The molecule has 0 radical (unpaired) electrons. The summed E-state index contributed by atoms with van der Waals surface area (Å²) in [5.74, 6) is 0.918. The van der Waals surface area contributed by atoms with E-state index >= 15 is 0 Å². The topological polar surface area (TPSA) is 20.3 Å². The van der Waals surface area contributed by atoms with Crippen molar-refractivity contribution in [1.82, 2.24) is 4.90 Å². The number of rotatable bonds is 3. The first-order chi connectivity index (χ1) is 6.07. The second-order valence-corrected chi connectivity index (χ2v) is 5.37. The Labute approximate surface area is 80.3 Å². The van der Waals surface area contributed by atoms with Crippen molar-refractivity contribution >= 4 is 5.78 Å². The van der Waals surface area contributed by atoms with Gasteiger partial charge in [0.05, 0.1) is 6.54 Å². The molecule has 2 fully saturated rings. The van der Waals surface area contributed by atoms with Gasteiger partial charge in [-0.2, -0.15) is 0 Å². The lowest BCUT2D eigenvalue weighted by molar-refractivity contribution is -0.121. The third kappa shape index (κ3) is 2.31.